The van der Waals surface area contributed by atoms with Gasteiger partial charge in [-0.15, -0.1) is 0 Å². The number of aromatic nitrogens is 1. The van der Waals surface area contributed by atoms with E-state index in [9.17, 15) is 4.79 Å². The van der Waals surface area contributed by atoms with Gasteiger partial charge in [0.05, 0.1) is 5.92 Å². The Morgan fingerprint density at radius 1 is 1.20 bits per heavy atom. The number of anilines is 1. The topological polar surface area (TPSA) is 45.2 Å². The van der Waals surface area contributed by atoms with E-state index in [-0.39, 0.29) is 11.8 Å². The minimum absolute atomic E-state index is 0.0988. The molecule has 1 saturated carbocycles. The third-order valence-corrected chi connectivity index (χ3v) is 6.76. The predicted molar refractivity (Wildman–Crippen MR) is 106 cm³/mol. The van der Waals surface area contributed by atoms with Gasteiger partial charge in [-0.1, -0.05) is 25.3 Å². The van der Waals surface area contributed by atoms with Crippen molar-refractivity contribution in [3.8, 4) is 0 Å². The van der Waals surface area contributed by atoms with Crippen molar-refractivity contribution >= 4 is 23.5 Å². The van der Waals surface area contributed by atoms with Crippen LogP contribution in [0.1, 0.15) is 51.4 Å². The van der Waals surface area contributed by atoms with Crippen LogP contribution in [0.5, 0.6) is 0 Å². The highest BCUT2D eigenvalue weighted by atomic mass is 32.2. The van der Waals surface area contributed by atoms with Crippen molar-refractivity contribution in [2.75, 3.05) is 30.3 Å². The summed E-state index contributed by atoms with van der Waals surface area (Å²) < 4.78 is 0. The molecule has 0 radical (unpaired) electrons. The average molecular weight is 362 g/mol. The van der Waals surface area contributed by atoms with Crippen molar-refractivity contribution < 1.29 is 4.79 Å². The summed E-state index contributed by atoms with van der Waals surface area (Å²) in [5, 5.41) is 4.03. The Balaban J connectivity index is 1.33. The first-order valence-electron chi connectivity index (χ1n) is 9.88. The molecule has 0 bridgehead atoms. The molecule has 4 nitrogen and oxygen atoms in total. The summed E-state index contributed by atoms with van der Waals surface area (Å²) in [7, 11) is 0. The molecule has 25 heavy (non-hydrogen) atoms. The molecule has 1 aromatic rings. The van der Waals surface area contributed by atoms with E-state index in [2.05, 4.69) is 27.0 Å². The minimum atomic E-state index is 0.0988. The molecule has 1 aliphatic heterocycles. The van der Waals surface area contributed by atoms with E-state index in [1.165, 1.54) is 37.9 Å². The van der Waals surface area contributed by atoms with Gasteiger partial charge in [0.1, 0.15) is 5.82 Å². The molecule has 1 atom stereocenters. The van der Waals surface area contributed by atoms with Gasteiger partial charge < -0.3 is 10.2 Å². The molecule has 1 aromatic heterocycles. The zero-order valence-corrected chi connectivity index (χ0v) is 16.0. The van der Waals surface area contributed by atoms with Crippen molar-refractivity contribution in [3.63, 3.8) is 0 Å². The number of nitrogens with zero attached hydrogens (tertiary/aromatic N) is 2. The minimum Gasteiger partial charge on any atom is -0.356 e. The predicted octanol–water partition coefficient (Wildman–Crippen LogP) is 3.87. The number of hydrogen-bond acceptors (Lipinski definition) is 4. The van der Waals surface area contributed by atoms with Crippen molar-refractivity contribution in [2.24, 2.45) is 5.92 Å². The van der Waals surface area contributed by atoms with Gasteiger partial charge in [-0.2, -0.15) is 11.8 Å². The monoisotopic (exact) mass is 361 g/mol. The highest BCUT2D eigenvalue weighted by Gasteiger charge is 2.26. The van der Waals surface area contributed by atoms with Crippen LogP contribution in [0.4, 0.5) is 5.82 Å². The third kappa shape index (κ3) is 5.91. The van der Waals surface area contributed by atoms with Crippen molar-refractivity contribution in [3.05, 3.63) is 24.4 Å². The fourth-order valence-electron chi connectivity index (χ4n) is 3.85. The van der Waals surface area contributed by atoms with Crippen LogP contribution >= 0.6 is 11.8 Å². The number of nitrogens with one attached hydrogen (secondary N) is 1. The molecule has 1 amide bonds. The molecule has 1 saturated heterocycles. The van der Waals surface area contributed by atoms with Gasteiger partial charge in [-0.25, -0.2) is 4.98 Å². The van der Waals surface area contributed by atoms with Gasteiger partial charge in [0.25, 0.3) is 0 Å². The standard InChI is InChI=1S/C20H31N3OS/c24-20(22-13-7-15-25-18-9-2-1-3-10-18)17-8-6-14-23(16-17)19-11-4-5-12-21-19/h4-5,11-12,17-18H,1-3,6-10,13-16H2,(H,22,24)/t17-/m0/s1. The summed E-state index contributed by atoms with van der Waals surface area (Å²) in [6.07, 6.45) is 12.0. The molecule has 0 spiro atoms. The van der Waals surface area contributed by atoms with E-state index in [0.717, 1.165) is 50.0 Å². The van der Waals surface area contributed by atoms with Crippen LogP contribution in [0, 0.1) is 5.92 Å². The number of piperidine rings is 1. The lowest BCUT2D eigenvalue weighted by Crippen LogP contribution is -2.43. The molecule has 1 aliphatic carbocycles. The van der Waals surface area contributed by atoms with Crippen LogP contribution in [0.15, 0.2) is 24.4 Å². The summed E-state index contributed by atoms with van der Waals surface area (Å²) in [6, 6.07) is 5.97. The number of carbonyl (C=O) groups is 1. The molecule has 2 fully saturated rings. The molecular weight excluding hydrogens is 330 g/mol. The Morgan fingerprint density at radius 2 is 2.08 bits per heavy atom. The number of pyridine rings is 1. The smallest absolute Gasteiger partial charge is 0.224 e. The zero-order chi connectivity index (χ0) is 17.3. The maximum Gasteiger partial charge on any atom is 0.224 e. The zero-order valence-electron chi connectivity index (χ0n) is 15.2. The van der Waals surface area contributed by atoms with Gasteiger partial charge in [0.15, 0.2) is 0 Å². The van der Waals surface area contributed by atoms with Crippen LogP contribution in [0.25, 0.3) is 0 Å². The fourth-order valence-corrected chi connectivity index (χ4v) is 5.16. The molecular formula is C20H31N3OS. The maximum absolute atomic E-state index is 12.5. The van der Waals surface area contributed by atoms with Crippen molar-refractivity contribution in [2.45, 2.75) is 56.6 Å². The summed E-state index contributed by atoms with van der Waals surface area (Å²) in [5.74, 6) is 2.49. The second kappa shape index (κ2) is 10.0. The summed E-state index contributed by atoms with van der Waals surface area (Å²) in [5.41, 5.74) is 0. The Morgan fingerprint density at radius 3 is 2.88 bits per heavy atom. The van der Waals surface area contributed by atoms with E-state index in [4.69, 9.17) is 0 Å². The highest BCUT2D eigenvalue weighted by Crippen LogP contribution is 2.28. The second-order valence-electron chi connectivity index (χ2n) is 7.25. The van der Waals surface area contributed by atoms with Gasteiger partial charge in [0, 0.05) is 31.1 Å². The van der Waals surface area contributed by atoms with E-state index < -0.39 is 0 Å². The van der Waals surface area contributed by atoms with Crippen LogP contribution < -0.4 is 10.2 Å². The van der Waals surface area contributed by atoms with Gasteiger partial charge >= 0.3 is 0 Å². The second-order valence-corrected chi connectivity index (χ2v) is 8.66. The van der Waals surface area contributed by atoms with E-state index in [1.807, 2.05) is 24.4 Å². The van der Waals surface area contributed by atoms with E-state index in [1.54, 1.807) is 0 Å². The quantitative estimate of drug-likeness (QED) is 0.749. The molecule has 138 valence electrons. The van der Waals surface area contributed by atoms with Crippen LogP contribution in [0.2, 0.25) is 0 Å². The number of amides is 1. The lowest BCUT2D eigenvalue weighted by Gasteiger charge is -2.32. The van der Waals surface area contributed by atoms with Crippen LogP contribution in [-0.4, -0.2) is 41.5 Å². The fraction of sp³-hybridized carbons (Fsp3) is 0.700. The SMILES string of the molecule is O=C(NCCCSC1CCCCC1)[C@H]1CCCN(c2ccccn2)C1. The van der Waals surface area contributed by atoms with Gasteiger partial charge in [-0.3, -0.25) is 4.79 Å². The molecule has 2 heterocycles. The molecule has 5 heteroatoms. The lowest BCUT2D eigenvalue weighted by atomic mass is 9.97. The van der Waals surface area contributed by atoms with Gasteiger partial charge in [-0.05, 0) is 50.0 Å². The molecule has 0 unspecified atom stereocenters. The number of rotatable bonds is 7. The molecule has 3 rings (SSSR count). The maximum atomic E-state index is 12.5. The van der Waals surface area contributed by atoms with Crippen molar-refractivity contribution in [1.82, 2.24) is 10.3 Å². The summed E-state index contributed by atoms with van der Waals surface area (Å²) >= 11 is 2.11. The first-order valence-corrected chi connectivity index (χ1v) is 10.9. The third-order valence-electron chi connectivity index (χ3n) is 5.29. The Hall–Kier alpha value is -1.23. The van der Waals surface area contributed by atoms with Crippen LogP contribution in [0.3, 0.4) is 0 Å². The largest absolute Gasteiger partial charge is 0.356 e. The van der Waals surface area contributed by atoms with Crippen molar-refractivity contribution in [1.29, 1.82) is 0 Å². The Labute approximate surface area is 156 Å². The van der Waals surface area contributed by atoms with Crippen LogP contribution in [-0.2, 0) is 4.79 Å². The number of hydrogen-bond donors (Lipinski definition) is 1. The van der Waals surface area contributed by atoms with Gasteiger partial charge in [0.2, 0.25) is 5.91 Å². The lowest BCUT2D eigenvalue weighted by molar-refractivity contribution is -0.125. The van der Waals surface area contributed by atoms with E-state index >= 15 is 0 Å². The average Bonchev–Trinajstić information content (AvgIpc) is 2.69. The number of thioether (sulfide) groups is 1. The summed E-state index contributed by atoms with van der Waals surface area (Å²) in [6.45, 7) is 2.61. The number of carbonyl (C=O) groups excluding carboxylic acids is 1. The first-order chi connectivity index (χ1) is 12.3. The normalized spacial score (nSPS) is 21.9. The van der Waals surface area contributed by atoms with E-state index in [0.29, 0.717) is 0 Å². The first kappa shape index (κ1) is 18.6. The Bertz CT molecular complexity index is 519. The highest BCUT2D eigenvalue weighted by molar-refractivity contribution is 7.99. The molecule has 0 aromatic carbocycles. The Kier molecular flexibility index (Phi) is 7.46. The summed E-state index contributed by atoms with van der Waals surface area (Å²) in [4.78, 5) is 19.1. The molecule has 1 N–H and O–H groups in total. The molecule has 2 aliphatic rings.